The molecule has 0 aliphatic rings. The zero-order valence-electron chi connectivity index (χ0n) is 13.7. The monoisotopic (exact) mass is 388 g/mol. The van der Waals surface area contributed by atoms with E-state index < -0.39 is 22.1 Å². The Kier molecular flexibility index (Phi) is 5.45. The van der Waals surface area contributed by atoms with Gasteiger partial charge in [-0.3, -0.25) is 9.52 Å². The standard InChI is InChI=1S/C16H15F3N2O4S/c1-10-9-13(25-2)7-8-14(10)26(23,24)21-12-5-3-11(4-6-12)20-15(22)16(17,18)19/h3-9,21H,1-2H3,(H,20,22). The molecule has 2 rings (SSSR count). The van der Waals surface area contributed by atoms with Gasteiger partial charge in [-0.2, -0.15) is 13.2 Å². The highest BCUT2D eigenvalue weighted by molar-refractivity contribution is 7.92. The van der Waals surface area contributed by atoms with Gasteiger partial charge in [0.2, 0.25) is 0 Å². The number of aryl methyl sites for hydroxylation is 1. The summed E-state index contributed by atoms with van der Waals surface area (Å²) in [5.74, 6) is -1.61. The summed E-state index contributed by atoms with van der Waals surface area (Å²) in [5, 5.41) is 1.67. The van der Waals surface area contributed by atoms with Gasteiger partial charge >= 0.3 is 12.1 Å². The van der Waals surface area contributed by atoms with Gasteiger partial charge in [-0.05, 0) is 55.0 Å². The molecular weight excluding hydrogens is 373 g/mol. The average Bonchev–Trinajstić information content (AvgIpc) is 2.55. The topological polar surface area (TPSA) is 84.5 Å². The van der Waals surface area contributed by atoms with Gasteiger partial charge in [0.05, 0.1) is 12.0 Å². The van der Waals surface area contributed by atoms with E-state index in [0.29, 0.717) is 11.3 Å². The van der Waals surface area contributed by atoms with E-state index in [-0.39, 0.29) is 16.3 Å². The number of amides is 1. The van der Waals surface area contributed by atoms with Crippen molar-refractivity contribution in [3.8, 4) is 5.75 Å². The Morgan fingerprint density at radius 3 is 2.12 bits per heavy atom. The zero-order chi connectivity index (χ0) is 19.5. The molecule has 1 amide bonds. The van der Waals surface area contributed by atoms with E-state index >= 15 is 0 Å². The molecule has 0 aliphatic heterocycles. The van der Waals surface area contributed by atoms with Crippen LogP contribution in [0.2, 0.25) is 0 Å². The van der Waals surface area contributed by atoms with Gasteiger partial charge in [-0.25, -0.2) is 8.42 Å². The fourth-order valence-corrected chi connectivity index (χ4v) is 3.37. The van der Waals surface area contributed by atoms with Crippen molar-refractivity contribution in [2.75, 3.05) is 17.1 Å². The van der Waals surface area contributed by atoms with Crippen LogP contribution in [0.1, 0.15) is 5.56 Å². The molecule has 6 nitrogen and oxygen atoms in total. The predicted octanol–water partition coefficient (Wildman–Crippen LogP) is 3.31. The molecule has 0 atom stereocenters. The van der Waals surface area contributed by atoms with Crippen LogP contribution in [-0.4, -0.2) is 27.6 Å². The van der Waals surface area contributed by atoms with Gasteiger partial charge < -0.3 is 10.1 Å². The summed E-state index contributed by atoms with van der Waals surface area (Å²) in [4.78, 5) is 10.9. The molecule has 10 heteroatoms. The van der Waals surface area contributed by atoms with Crippen LogP contribution in [0.5, 0.6) is 5.75 Å². The number of ether oxygens (including phenoxy) is 1. The van der Waals surface area contributed by atoms with Crippen molar-refractivity contribution in [3.05, 3.63) is 48.0 Å². The summed E-state index contributed by atoms with van der Waals surface area (Å²) in [7, 11) is -2.44. The number of methoxy groups -OCH3 is 1. The Labute approximate surface area is 148 Å². The van der Waals surface area contributed by atoms with Crippen LogP contribution < -0.4 is 14.8 Å². The van der Waals surface area contributed by atoms with E-state index in [1.807, 2.05) is 0 Å². The maximum atomic E-state index is 12.4. The van der Waals surface area contributed by atoms with Crippen LogP contribution in [0.4, 0.5) is 24.5 Å². The second-order valence-corrected chi connectivity index (χ2v) is 6.92. The molecule has 0 heterocycles. The van der Waals surface area contributed by atoms with E-state index in [9.17, 15) is 26.4 Å². The third kappa shape index (κ3) is 4.66. The van der Waals surface area contributed by atoms with E-state index in [2.05, 4.69) is 4.72 Å². The maximum absolute atomic E-state index is 12.4. The number of carbonyl (C=O) groups is 1. The fourth-order valence-electron chi connectivity index (χ4n) is 2.08. The third-order valence-electron chi connectivity index (χ3n) is 3.32. The Morgan fingerprint density at radius 1 is 1.04 bits per heavy atom. The minimum absolute atomic E-state index is 0.0350. The number of halogens is 3. The zero-order valence-corrected chi connectivity index (χ0v) is 14.5. The smallest absolute Gasteiger partial charge is 0.471 e. The first kappa shape index (κ1) is 19.6. The average molecular weight is 388 g/mol. The molecule has 2 aromatic carbocycles. The molecule has 0 radical (unpaired) electrons. The summed E-state index contributed by atoms with van der Waals surface area (Å²) >= 11 is 0. The van der Waals surface area contributed by atoms with Crippen LogP contribution in [0.3, 0.4) is 0 Å². The van der Waals surface area contributed by atoms with E-state index in [0.717, 1.165) is 12.1 Å². The lowest BCUT2D eigenvalue weighted by molar-refractivity contribution is -0.167. The number of nitrogens with one attached hydrogen (secondary N) is 2. The fraction of sp³-hybridized carbons (Fsp3) is 0.188. The second kappa shape index (κ2) is 7.24. The molecule has 0 saturated carbocycles. The van der Waals surface area contributed by atoms with Crippen molar-refractivity contribution in [1.82, 2.24) is 0 Å². The number of hydrogen-bond acceptors (Lipinski definition) is 4. The summed E-state index contributed by atoms with van der Waals surface area (Å²) in [6.45, 7) is 1.60. The summed E-state index contributed by atoms with van der Waals surface area (Å²) < 4.78 is 68.8. The molecule has 140 valence electrons. The van der Waals surface area contributed by atoms with Crippen LogP contribution in [0, 0.1) is 6.92 Å². The Bertz CT molecular complexity index is 910. The summed E-state index contributed by atoms with van der Waals surface area (Å²) in [5.41, 5.74) is 0.479. The number of anilines is 2. The molecular formula is C16H15F3N2O4S. The van der Waals surface area contributed by atoms with Gasteiger partial charge in [-0.1, -0.05) is 0 Å². The molecule has 0 saturated heterocycles. The highest BCUT2D eigenvalue weighted by Crippen LogP contribution is 2.24. The van der Waals surface area contributed by atoms with Gasteiger partial charge in [0.25, 0.3) is 10.0 Å². The Morgan fingerprint density at radius 2 is 1.62 bits per heavy atom. The van der Waals surface area contributed by atoms with E-state index in [1.165, 1.54) is 31.4 Å². The Hall–Kier alpha value is -2.75. The lowest BCUT2D eigenvalue weighted by atomic mass is 10.2. The minimum Gasteiger partial charge on any atom is -0.497 e. The maximum Gasteiger partial charge on any atom is 0.471 e. The van der Waals surface area contributed by atoms with Crippen molar-refractivity contribution >= 4 is 27.3 Å². The molecule has 0 bridgehead atoms. The van der Waals surface area contributed by atoms with Crippen LogP contribution in [0.15, 0.2) is 47.4 Å². The molecule has 0 spiro atoms. The number of alkyl halides is 3. The molecule has 0 aliphatic carbocycles. The Balaban J connectivity index is 2.16. The largest absolute Gasteiger partial charge is 0.497 e. The number of carbonyl (C=O) groups excluding carboxylic acids is 1. The van der Waals surface area contributed by atoms with Crippen molar-refractivity contribution in [2.24, 2.45) is 0 Å². The summed E-state index contributed by atoms with van der Waals surface area (Å²) in [6.07, 6.45) is -5.01. The third-order valence-corrected chi connectivity index (χ3v) is 4.87. The lowest BCUT2D eigenvalue weighted by Crippen LogP contribution is -2.29. The number of hydrogen-bond donors (Lipinski definition) is 2. The first-order chi connectivity index (χ1) is 12.0. The van der Waals surface area contributed by atoms with Gasteiger partial charge in [-0.15, -0.1) is 0 Å². The van der Waals surface area contributed by atoms with Crippen molar-refractivity contribution in [2.45, 2.75) is 18.0 Å². The van der Waals surface area contributed by atoms with Gasteiger partial charge in [0.15, 0.2) is 0 Å². The first-order valence-corrected chi connectivity index (χ1v) is 8.67. The van der Waals surface area contributed by atoms with Crippen LogP contribution in [-0.2, 0) is 14.8 Å². The van der Waals surface area contributed by atoms with Crippen LogP contribution >= 0.6 is 0 Å². The van der Waals surface area contributed by atoms with Crippen molar-refractivity contribution < 1.29 is 31.1 Å². The van der Waals surface area contributed by atoms with Gasteiger partial charge in [0.1, 0.15) is 5.75 Å². The van der Waals surface area contributed by atoms with Crippen LogP contribution in [0.25, 0.3) is 0 Å². The van der Waals surface area contributed by atoms with Gasteiger partial charge in [0, 0.05) is 11.4 Å². The number of benzene rings is 2. The molecule has 0 unspecified atom stereocenters. The van der Waals surface area contributed by atoms with E-state index in [4.69, 9.17) is 4.74 Å². The van der Waals surface area contributed by atoms with Crippen molar-refractivity contribution in [1.29, 1.82) is 0 Å². The molecule has 0 aromatic heterocycles. The molecule has 26 heavy (non-hydrogen) atoms. The summed E-state index contributed by atoms with van der Waals surface area (Å²) in [6, 6.07) is 9.23. The minimum atomic E-state index is -5.01. The highest BCUT2D eigenvalue weighted by atomic mass is 32.2. The second-order valence-electron chi connectivity index (χ2n) is 5.27. The SMILES string of the molecule is COc1ccc(S(=O)(=O)Nc2ccc(NC(=O)C(F)(F)F)cc2)c(C)c1. The molecule has 2 aromatic rings. The number of rotatable bonds is 5. The number of sulfonamides is 1. The quantitative estimate of drug-likeness (QED) is 0.823. The van der Waals surface area contributed by atoms with E-state index in [1.54, 1.807) is 18.3 Å². The normalized spacial score (nSPS) is 11.7. The first-order valence-electron chi connectivity index (χ1n) is 7.18. The van der Waals surface area contributed by atoms with Crippen molar-refractivity contribution in [3.63, 3.8) is 0 Å². The predicted molar refractivity (Wildman–Crippen MR) is 89.7 cm³/mol. The highest BCUT2D eigenvalue weighted by Gasteiger charge is 2.38. The molecule has 2 N–H and O–H groups in total. The lowest BCUT2D eigenvalue weighted by Gasteiger charge is -2.12. The molecule has 0 fully saturated rings.